The summed E-state index contributed by atoms with van der Waals surface area (Å²) in [4.78, 5) is 18.7. The van der Waals surface area contributed by atoms with Crippen molar-refractivity contribution in [1.82, 2.24) is 9.88 Å². The minimum absolute atomic E-state index is 0.0951. The quantitative estimate of drug-likeness (QED) is 0.946. The fraction of sp³-hybridized carbons (Fsp3) is 0.375. The maximum atomic E-state index is 13.8. The van der Waals surface area contributed by atoms with Gasteiger partial charge in [-0.05, 0) is 37.9 Å². The van der Waals surface area contributed by atoms with Gasteiger partial charge in [-0.15, -0.1) is 11.3 Å². The molecule has 1 amide bonds. The van der Waals surface area contributed by atoms with Crippen molar-refractivity contribution in [1.29, 1.82) is 0 Å². The molecule has 1 fully saturated rings. The molecule has 0 bridgehead atoms. The van der Waals surface area contributed by atoms with E-state index in [0.717, 1.165) is 6.42 Å². The third kappa shape index (κ3) is 2.76. The van der Waals surface area contributed by atoms with Crippen LogP contribution in [0.5, 0.6) is 0 Å². The number of nitrogens with two attached hydrogens (primary N) is 1. The maximum Gasteiger partial charge on any atom is 0.273 e. The lowest BCUT2D eigenvalue weighted by molar-refractivity contribution is 0.0738. The molecular formula is C16H18FN3OS. The van der Waals surface area contributed by atoms with E-state index in [2.05, 4.69) is 4.98 Å². The first-order valence-corrected chi connectivity index (χ1v) is 8.19. The first kappa shape index (κ1) is 15.1. The Bertz CT molecular complexity index is 688. The Hall–Kier alpha value is -1.79. The lowest BCUT2D eigenvalue weighted by atomic mass is 10.1. The van der Waals surface area contributed by atoms with Gasteiger partial charge in [-0.3, -0.25) is 4.79 Å². The molecule has 1 aromatic carbocycles. The molecule has 0 saturated carbocycles. The van der Waals surface area contributed by atoms with Crippen LogP contribution in [0.15, 0.2) is 29.6 Å². The molecule has 116 valence electrons. The lowest BCUT2D eigenvalue weighted by Gasteiger charge is -2.20. The first-order chi connectivity index (χ1) is 10.6. The van der Waals surface area contributed by atoms with Crippen molar-refractivity contribution in [3.05, 3.63) is 41.2 Å². The molecule has 6 heteroatoms. The smallest absolute Gasteiger partial charge is 0.273 e. The summed E-state index contributed by atoms with van der Waals surface area (Å²) in [5, 5.41) is 2.23. The van der Waals surface area contributed by atoms with Crippen LogP contribution in [0.3, 0.4) is 0 Å². The average Bonchev–Trinajstić information content (AvgIpc) is 3.14. The van der Waals surface area contributed by atoms with Gasteiger partial charge in [0.2, 0.25) is 0 Å². The van der Waals surface area contributed by atoms with Gasteiger partial charge in [0.15, 0.2) is 0 Å². The van der Waals surface area contributed by atoms with Crippen molar-refractivity contribution in [2.45, 2.75) is 19.4 Å². The molecule has 1 saturated heterocycles. The van der Waals surface area contributed by atoms with E-state index in [1.165, 1.54) is 17.4 Å². The topological polar surface area (TPSA) is 59.2 Å². The Morgan fingerprint density at radius 1 is 1.50 bits per heavy atom. The van der Waals surface area contributed by atoms with Crippen LogP contribution in [-0.2, 0) is 0 Å². The number of hydrogen-bond donors (Lipinski definition) is 1. The Morgan fingerprint density at radius 2 is 2.27 bits per heavy atom. The highest BCUT2D eigenvalue weighted by Gasteiger charge is 2.33. The number of amides is 1. The lowest BCUT2D eigenvalue weighted by Crippen LogP contribution is -2.34. The number of benzene rings is 1. The molecular weight excluding hydrogens is 301 g/mol. The predicted octanol–water partition coefficient (Wildman–Crippen LogP) is 2.76. The van der Waals surface area contributed by atoms with Crippen LogP contribution in [0.4, 0.5) is 4.39 Å². The summed E-state index contributed by atoms with van der Waals surface area (Å²) < 4.78 is 13.8. The SMILES string of the molecule is CC1CC(CN)CN1C(=O)c1csc(-c2ccccc2F)n1. The van der Waals surface area contributed by atoms with Gasteiger partial charge in [-0.2, -0.15) is 0 Å². The number of nitrogens with zero attached hydrogens (tertiary/aromatic N) is 2. The summed E-state index contributed by atoms with van der Waals surface area (Å²) in [6.07, 6.45) is 0.923. The zero-order valence-corrected chi connectivity index (χ0v) is 13.1. The molecule has 1 aromatic heterocycles. The van der Waals surface area contributed by atoms with Gasteiger partial charge in [0, 0.05) is 23.5 Å². The van der Waals surface area contributed by atoms with E-state index in [9.17, 15) is 9.18 Å². The van der Waals surface area contributed by atoms with E-state index < -0.39 is 0 Å². The first-order valence-electron chi connectivity index (χ1n) is 7.31. The number of halogens is 1. The predicted molar refractivity (Wildman–Crippen MR) is 85.2 cm³/mol. The highest BCUT2D eigenvalue weighted by molar-refractivity contribution is 7.13. The summed E-state index contributed by atoms with van der Waals surface area (Å²) in [6, 6.07) is 6.63. The van der Waals surface area contributed by atoms with Crippen LogP contribution in [0.25, 0.3) is 10.6 Å². The minimum atomic E-state index is -0.325. The number of hydrogen-bond acceptors (Lipinski definition) is 4. The van der Waals surface area contributed by atoms with Gasteiger partial charge in [0.05, 0.1) is 0 Å². The average molecular weight is 319 g/mol. The zero-order chi connectivity index (χ0) is 15.7. The standard InChI is InChI=1S/C16H18FN3OS/c1-10-6-11(7-18)8-20(10)16(21)14-9-22-15(19-14)12-4-2-3-5-13(12)17/h2-5,9-11H,6-8,18H2,1H3. The molecule has 3 rings (SSSR count). The summed E-state index contributed by atoms with van der Waals surface area (Å²) in [5.41, 5.74) is 6.51. The number of thiazole rings is 1. The van der Waals surface area contributed by atoms with E-state index in [-0.39, 0.29) is 17.8 Å². The van der Waals surface area contributed by atoms with Crippen molar-refractivity contribution in [2.75, 3.05) is 13.1 Å². The number of rotatable bonds is 3. The monoisotopic (exact) mass is 319 g/mol. The summed E-state index contributed by atoms with van der Waals surface area (Å²) in [5.74, 6) is -0.0699. The summed E-state index contributed by atoms with van der Waals surface area (Å²) in [6.45, 7) is 3.28. The van der Waals surface area contributed by atoms with E-state index in [4.69, 9.17) is 5.73 Å². The number of carbonyl (C=O) groups is 1. The van der Waals surface area contributed by atoms with Crippen molar-refractivity contribution in [2.24, 2.45) is 11.7 Å². The molecule has 22 heavy (non-hydrogen) atoms. The molecule has 2 atom stereocenters. The van der Waals surface area contributed by atoms with Crippen LogP contribution >= 0.6 is 11.3 Å². The van der Waals surface area contributed by atoms with E-state index in [1.54, 1.807) is 23.6 Å². The van der Waals surface area contributed by atoms with Crippen LogP contribution in [0, 0.1) is 11.7 Å². The molecule has 0 spiro atoms. The number of likely N-dealkylation sites (tertiary alicyclic amines) is 1. The zero-order valence-electron chi connectivity index (χ0n) is 12.3. The van der Waals surface area contributed by atoms with E-state index in [1.807, 2.05) is 11.8 Å². The highest BCUT2D eigenvalue weighted by atomic mass is 32.1. The molecule has 2 N–H and O–H groups in total. The number of carbonyl (C=O) groups excluding carboxylic acids is 1. The van der Waals surface area contributed by atoms with Crippen molar-refractivity contribution < 1.29 is 9.18 Å². The number of aromatic nitrogens is 1. The van der Waals surface area contributed by atoms with Crippen LogP contribution < -0.4 is 5.73 Å². The van der Waals surface area contributed by atoms with Crippen LogP contribution in [-0.4, -0.2) is 34.9 Å². The Morgan fingerprint density at radius 3 is 2.95 bits per heavy atom. The Balaban J connectivity index is 1.82. The van der Waals surface area contributed by atoms with Crippen molar-refractivity contribution >= 4 is 17.2 Å². The van der Waals surface area contributed by atoms with E-state index in [0.29, 0.717) is 35.3 Å². The van der Waals surface area contributed by atoms with Crippen LogP contribution in [0.1, 0.15) is 23.8 Å². The van der Waals surface area contributed by atoms with Gasteiger partial charge in [0.25, 0.3) is 5.91 Å². The van der Waals surface area contributed by atoms with Gasteiger partial charge in [-0.25, -0.2) is 9.37 Å². The third-order valence-electron chi connectivity index (χ3n) is 4.08. The Kier molecular flexibility index (Phi) is 4.22. The van der Waals surface area contributed by atoms with E-state index >= 15 is 0 Å². The van der Waals surface area contributed by atoms with Gasteiger partial charge >= 0.3 is 0 Å². The summed E-state index contributed by atoms with van der Waals surface area (Å²) >= 11 is 1.29. The maximum absolute atomic E-state index is 13.8. The molecule has 1 aliphatic heterocycles. The van der Waals surface area contributed by atoms with Gasteiger partial charge < -0.3 is 10.6 Å². The van der Waals surface area contributed by atoms with Gasteiger partial charge in [-0.1, -0.05) is 12.1 Å². The van der Waals surface area contributed by atoms with Gasteiger partial charge in [0.1, 0.15) is 16.5 Å². The molecule has 2 heterocycles. The minimum Gasteiger partial charge on any atom is -0.334 e. The van der Waals surface area contributed by atoms with Crippen molar-refractivity contribution in [3.8, 4) is 10.6 Å². The fourth-order valence-electron chi connectivity index (χ4n) is 2.87. The highest BCUT2D eigenvalue weighted by Crippen LogP contribution is 2.28. The summed E-state index contributed by atoms with van der Waals surface area (Å²) in [7, 11) is 0. The van der Waals surface area contributed by atoms with Crippen LogP contribution in [0.2, 0.25) is 0 Å². The Labute approximate surface area is 132 Å². The second kappa shape index (κ2) is 6.14. The largest absolute Gasteiger partial charge is 0.334 e. The molecule has 2 unspecified atom stereocenters. The third-order valence-corrected chi connectivity index (χ3v) is 4.96. The molecule has 0 radical (unpaired) electrons. The molecule has 2 aromatic rings. The van der Waals surface area contributed by atoms with Crippen molar-refractivity contribution in [3.63, 3.8) is 0 Å². The molecule has 1 aliphatic rings. The molecule has 0 aliphatic carbocycles. The molecule has 4 nitrogen and oxygen atoms in total. The second-order valence-electron chi connectivity index (χ2n) is 5.66. The second-order valence-corrected chi connectivity index (χ2v) is 6.52. The fourth-order valence-corrected chi connectivity index (χ4v) is 3.69. The normalized spacial score (nSPS) is 21.3.